The highest BCUT2D eigenvalue weighted by Gasteiger charge is 2.19. The third kappa shape index (κ3) is 3.33. The molecule has 0 radical (unpaired) electrons. The van der Waals surface area contributed by atoms with Crippen LogP contribution in [0.2, 0.25) is 0 Å². The Kier molecular flexibility index (Phi) is 4.48. The fourth-order valence-corrected chi connectivity index (χ4v) is 2.67. The van der Waals surface area contributed by atoms with Gasteiger partial charge in [0.05, 0.1) is 0 Å². The van der Waals surface area contributed by atoms with Crippen LogP contribution in [0.3, 0.4) is 0 Å². The first kappa shape index (κ1) is 14.7. The van der Waals surface area contributed by atoms with Gasteiger partial charge in [0.15, 0.2) is 11.5 Å². The van der Waals surface area contributed by atoms with Gasteiger partial charge in [0.1, 0.15) is 0 Å². The minimum atomic E-state index is -0.204. The summed E-state index contributed by atoms with van der Waals surface area (Å²) in [7, 11) is 0. The summed E-state index contributed by atoms with van der Waals surface area (Å²) in [5.74, 6) is 0.343. The molecular formula is C16H20N4O2. The molecule has 1 fully saturated rings. The van der Waals surface area contributed by atoms with Gasteiger partial charge in [-0.1, -0.05) is 5.16 Å². The van der Waals surface area contributed by atoms with E-state index in [1.807, 2.05) is 12.1 Å². The average molecular weight is 300 g/mol. The van der Waals surface area contributed by atoms with E-state index in [9.17, 15) is 4.79 Å². The van der Waals surface area contributed by atoms with Gasteiger partial charge in [-0.3, -0.25) is 14.7 Å². The van der Waals surface area contributed by atoms with Crippen molar-refractivity contribution in [3.8, 4) is 11.3 Å². The van der Waals surface area contributed by atoms with Crippen molar-refractivity contribution in [3.63, 3.8) is 0 Å². The normalized spacial score (nSPS) is 16.6. The largest absolute Gasteiger partial charge is 0.355 e. The van der Waals surface area contributed by atoms with Gasteiger partial charge in [-0.25, -0.2) is 0 Å². The van der Waals surface area contributed by atoms with Crippen LogP contribution in [0.15, 0.2) is 35.1 Å². The maximum Gasteiger partial charge on any atom is 0.273 e. The predicted octanol–water partition coefficient (Wildman–Crippen LogP) is 1.95. The number of carbonyl (C=O) groups is 1. The van der Waals surface area contributed by atoms with Gasteiger partial charge in [0.2, 0.25) is 0 Å². The molecule has 3 rings (SSSR count). The molecule has 1 N–H and O–H groups in total. The lowest BCUT2D eigenvalue weighted by atomic mass is 10.2. The Morgan fingerprint density at radius 2 is 2.27 bits per heavy atom. The summed E-state index contributed by atoms with van der Waals surface area (Å²) in [4.78, 5) is 18.6. The lowest BCUT2D eigenvalue weighted by Gasteiger charge is -2.23. The minimum Gasteiger partial charge on any atom is -0.355 e. The second kappa shape index (κ2) is 6.70. The highest BCUT2D eigenvalue weighted by molar-refractivity contribution is 5.93. The number of aromatic nitrogens is 2. The first-order valence-corrected chi connectivity index (χ1v) is 7.63. The predicted molar refractivity (Wildman–Crippen MR) is 82.3 cm³/mol. The number of nitrogens with zero attached hydrogens (tertiary/aromatic N) is 3. The summed E-state index contributed by atoms with van der Waals surface area (Å²) in [5.41, 5.74) is 1.10. The second-order valence-electron chi connectivity index (χ2n) is 5.62. The third-order valence-electron chi connectivity index (χ3n) is 4.01. The number of nitrogens with one attached hydrogen (secondary N) is 1. The molecule has 1 amide bonds. The maximum absolute atomic E-state index is 12.1. The van der Waals surface area contributed by atoms with E-state index >= 15 is 0 Å². The molecule has 6 heteroatoms. The van der Waals surface area contributed by atoms with Gasteiger partial charge < -0.3 is 9.84 Å². The lowest BCUT2D eigenvalue weighted by Crippen LogP contribution is -2.40. The van der Waals surface area contributed by atoms with E-state index < -0.39 is 0 Å². The highest BCUT2D eigenvalue weighted by Crippen LogP contribution is 2.18. The summed E-state index contributed by atoms with van der Waals surface area (Å²) in [6.45, 7) is 4.99. The Morgan fingerprint density at radius 3 is 3.00 bits per heavy atom. The Hall–Kier alpha value is -2.21. The molecule has 1 saturated heterocycles. The number of rotatable bonds is 5. The fraction of sp³-hybridized carbons (Fsp3) is 0.438. The molecule has 6 nitrogen and oxygen atoms in total. The van der Waals surface area contributed by atoms with Gasteiger partial charge in [0, 0.05) is 36.6 Å². The van der Waals surface area contributed by atoms with Crippen molar-refractivity contribution in [2.24, 2.45) is 0 Å². The van der Waals surface area contributed by atoms with Crippen LogP contribution in [0.5, 0.6) is 0 Å². The molecule has 1 aliphatic heterocycles. The van der Waals surface area contributed by atoms with Crippen molar-refractivity contribution in [3.05, 3.63) is 36.3 Å². The minimum absolute atomic E-state index is 0.204. The number of likely N-dealkylation sites (tertiary alicyclic amines) is 1. The SMILES string of the molecule is C[C@@H](CNC(=O)c1cc(-c2cccnc2)on1)N1CCCC1. The van der Waals surface area contributed by atoms with Crippen LogP contribution < -0.4 is 5.32 Å². The van der Waals surface area contributed by atoms with E-state index in [-0.39, 0.29) is 5.91 Å². The Morgan fingerprint density at radius 1 is 1.45 bits per heavy atom. The first-order chi connectivity index (χ1) is 10.7. The number of amides is 1. The van der Waals surface area contributed by atoms with Crippen LogP contribution in [-0.4, -0.2) is 46.6 Å². The van der Waals surface area contributed by atoms with E-state index in [1.165, 1.54) is 12.8 Å². The van der Waals surface area contributed by atoms with Crippen LogP contribution >= 0.6 is 0 Å². The topological polar surface area (TPSA) is 71.3 Å². The first-order valence-electron chi connectivity index (χ1n) is 7.63. The lowest BCUT2D eigenvalue weighted by molar-refractivity contribution is 0.0931. The summed E-state index contributed by atoms with van der Waals surface area (Å²) >= 11 is 0. The van der Waals surface area contributed by atoms with Crippen LogP contribution in [0.4, 0.5) is 0 Å². The van der Waals surface area contributed by atoms with Crippen molar-refractivity contribution in [2.45, 2.75) is 25.8 Å². The number of hydrogen-bond donors (Lipinski definition) is 1. The summed E-state index contributed by atoms with van der Waals surface area (Å²) < 4.78 is 5.22. The van der Waals surface area contributed by atoms with Gasteiger partial charge in [-0.2, -0.15) is 0 Å². The van der Waals surface area contributed by atoms with Gasteiger partial charge >= 0.3 is 0 Å². The standard InChI is InChI=1S/C16H20N4O2/c1-12(20-7-2-3-8-20)10-18-16(21)14-9-15(22-19-14)13-5-4-6-17-11-13/h4-6,9,11-12H,2-3,7-8,10H2,1H3,(H,18,21)/t12-/m0/s1. The molecule has 0 spiro atoms. The molecule has 0 aromatic carbocycles. The molecule has 0 unspecified atom stereocenters. The van der Waals surface area contributed by atoms with Crippen molar-refractivity contribution >= 4 is 5.91 Å². The van der Waals surface area contributed by atoms with E-state index in [1.54, 1.807) is 18.5 Å². The van der Waals surface area contributed by atoms with Crippen LogP contribution in [0, 0.1) is 0 Å². The molecule has 2 aromatic heterocycles. The van der Waals surface area contributed by atoms with E-state index in [0.29, 0.717) is 24.0 Å². The third-order valence-corrected chi connectivity index (χ3v) is 4.01. The molecule has 0 saturated carbocycles. The molecule has 22 heavy (non-hydrogen) atoms. The Labute approximate surface area is 129 Å². The molecule has 1 aliphatic rings. The second-order valence-corrected chi connectivity index (χ2v) is 5.62. The van der Waals surface area contributed by atoms with Crippen molar-refractivity contribution in [1.82, 2.24) is 20.4 Å². The zero-order valence-corrected chi connectivity index (χ0v) is 12.7. The number of pyridine rings is 1. The van der Waals surface area contributed by atoms with Crippen molar-refractivity contribution in [1.29, 1.82) is 0 Å². The monoisotopic (exact) mass is 300 g/mol. The number of hydrogen-bond acceptors (Lipinski definition) is 5. The summed E-state index contributed by atoms with van der Waals surface area (Å²) in [6, 6.07) is 5.67. The molecule has 3 heterocycles. The van der Waals surface area contributed by atoms with Crippen molar-refractivity contribution < 1.29 is 9.32 Å². The van der Waals surface area contributed by atoms with Crippen LogP contribution in [0.25, 0.3) is 11.3 Å². The van der Waals surface area contributed by atoms with E-state index in [2.05, 4.69) is 27.3 Å². The molecule has 0 aliphatic carbocycles. The highest BCUT2D eigenvalue weighted by atomic mass is 16.5. The van der Waals surface area contributed by atoms with Crippen molar-refractivity contribution in [2.75, 3.05) is 19.6 Å². The van der Waals surface area contributed by atoms with Crippen LogP contribution in [0.1, 0.15) is 30.3 Å². The van der Waals surface area contributed by atoms with Crippen LogP contribution in [-0.2, 0) is 0 Å². The maximum atomic E-state index is 12.1. The fourth-order valence-electron chi connectivity index (χ4n) is 2.67. The van der Waals surface area contributed by atoms with Gasteiger partial charge in [-0.15, -0.1) is 0 Å². The average Bonchev–Trinajstić information content (AvgIpc) is 3.24. The molecule has 116 valence electrons. The van der Waals surface area contributed by atoms with Gasteiger partial charge in [0.25, 0.3) is 5.91 Å². The zero-order valence-electron chi connectivity index (χ0n) is 12.7. The summed E-state index contributed by atoms with van der Waals surface area (Å²) in [5, 5.41) is 6.76. The zero-order chi connectivity index (χ0) is 15.4. The molecule has 0 bridgehead atoms. The Balaban J connectivity index is 1.57. The molecule has 1 atom stereocenters. The van der Waals surface area contributed by atoms with E-state index in [0.717, 1.165) is 18.7 Å². The summed E-state index contributed by atoms with van der Waals surface area (Å²) in [6.07, 6.45) is 5.86. The smallest absolute Gasteiger partial charge is 0.273 e. The number of carbonyl (C=O) groups excluding carboxylic acids is 1. The molecular weight excluding hydrogens is 280 g/mol. The molecule has 2 aromatic rings. The quantitative estimate of drug-likeness (QED) is 0.914. The van der Waals surface area contributed by atoms with Gasteiger partial charge in [-0.05, 0) is 45.0 Å². The van der Waals surface area contributed by atoms with E-state index in [4.69, 9.17) is 4.52 Å². The Bertz CT molecular complexity index is 620.